The molecule has 7 nitrogen and oxygen atoms in total. The van der Waals surface area contributed by atoms with E-state index in [1.54, 1.807) is 25.3 Å². The van der Waals surface area contributed by atoms with E-state index in [1.165, 1.54) is 12.1 Å². The van der Waals surface area contributed by atoms with Crippen LogP contribution in [0.4, 0.5) is 11.4 Å². The van der Waals surface area contributed by atoms with E-state index in [1.807, 2.05) is 16.7 Å². The molecule has 0 spiro atoms. The summed E-state index contributed by atoms with van der Waals surface area (Å²) in [4.78, 5) is 36.1. The van der Waals surface area contributed by atoms with Gasteiger partial charge in [-0.05, 0) is 37.0 Å². The Morgan fingerprint density at radius 3 is 2.85 bits per heavy atom. The molecule has 0 radical (unpaired) electrons. The number of carbonyl (C=O) groups excluding carboxylic acids is 1. The highest BCUT2D eigenvalue weighted by Gasteiger charge is 2.20. The minimum absolute atomic E-state index is 0.0347. The van der Waals surface area contributed by atoms with Crippen molar-refractivity contribution in [1.82, 2.24) is 4.57 Å². The predicted molar refractivity (Wildman–Crippen MR) is 102 cm³/mol. The molecule has 0 aliphatic carbocycles. The summed E-state index contributed by atoms with van der Waals surface area (Å²) in [6.07, 6.45) is 3.45. The van der Waals surface area contributed by atoms with Gasteiger partial charge in [0.05, 0.1) is 16.1 Å². The first kappa shape index (κ1) is 17.0. The summed E-state index contributed by atoms with van der Waals surface area (Å²) in [6.45, 7) is 2.48. The standard InChI is InChI=1S/C20H17N3O4/c1-12-7-8-14(23(26)27)10-17(12)21-20(25)16-11-22-9-3-5-13-4-2-6-15(18(13)22)19(16)24/h2,4,6-8,10-11H,3,5,9H2,1H3,(H,21,25). The van der Waals surface area contributed by atoms with Crippen molar-refractivity contribution >= 4 is 28.2 Å². The molecule has 1 aromatic heterocycles. The van der Waals surface area contributed by atoms with Gasteiger partial charge in [-0.15, -0.1) is 0 Å². The molecule has 2 heterocycles. The maximum atomic E-state index is 12.9. The van der Waals surface area contributed by atoms with Crippen molar-refractivity contribution in [3.63, 3.8) is 0 Å². The van der Waals surface area contributed by atoms with Crippen molar-refractivity contribution in [2.45, 2.75) is 26.3 Å². The number of anilines is 1. The molecular formula is C20H17N3O4. The molecule has 1 aliphatic rings. The van der Waals surface area contributed by atoms with Crippen molar-refractivity contribution in [1.29, 1.82) is 0 Å². The smallest absolute Gasteiger partial charge is 0.271 e. The van der Waals surface area contributed by atoms with Crippen LogP contribution in [0.1, 0.15) is 27.9 Å². The van der Waals surface area contributed by atoms with E-state index < -0.39 is 10.8 Å². The summed E-state index contributed by atoms with van der Waals surface area (Å²) >= 11 is 0. The Bertz CT molecular complexity index is 1160. The van der Waals surface area contributed by atoms with Gasteiger partial charge in [0, 0.05) is 30.3 Å². The number of nitro benzene ring substituents is 1. The van der Waals surface area contributed by atoms with Gasteiger partial charge in [-0.1, -0.05) is 18.2 Å². The largest absolute Gasteiger partial charge is 0.346 e. The second kappa shape index (κ2) is 6.35. The summed E-state index contributed by atoms with van der Waals surface area (Å²) < 4.78 is 1.95. The lowest BCUT2D eigenvalue weighted by molar-refractivity contribution is -0.384. The van der Waals surface area contributed by atoms with E-state index in [4.69, 9.17) is 0 Å². The molecule has 2 aromatic carbocycles. The van der Waals surface area contributed by atoms with E-state index in [0.717, 1.165) is 30.5 Å². The van der Waals surface area contributed by atoms with Crippen molar-refractivity contribution in [3.05, 3.63) is 79.6 Å². The third kappa shape index (κ3) is 2.87. The molecule has 0 saturated heterocycles. The Hall–Kier alpha value is -3.48. The monoisotopic (exact) mass is 363 g/mol. The Balaban J connectivity index is 1.79. The van der Waals surface area contributed by atoms with Gasteiger partial charge in [0.15, 0.2) is 0 Å². The first-order valence-electron chi connectivity index (χ1n) is 8.67. The van der Waals surface area contributed by atoms with E-state index in [9.17, 15) is 19.7 Å². The van der Waals surface area contributed by atoms with Gasteiger partial charge < -0.3 is 9.88 Å². The SMILES string of the molecule is Cc1ccc([N+](=O)[O-])cc1NC(=O)c1cn2c3c(cccc3c1=O)CCC2. The summed E-state index contributed by atoms with van der Waals surface area (Å²) in [5.74, 6) is -0.565. The highest BCUT2D eigenvalue weighted by molar-refractivity contribution is 6.06. The van der Waals surface area contributed by atoms with Crippen molar-refractivity contribution in [2.24, 2.45) is 0 Å². The minimum atomic E-state index is -0.565. The van der Waals surface area contributed by atoms with Crippen LogP contribution in [0.3, 0.4) is 0 Å². The maximum absolute atomic E-state index is 12.9. The number of carbonyl (C=O) groups is 1. The van der Waals surface area contributed by atoms with Crippen LogP contribution < -0.4 is 10.7 Å². The first-order chi connectivity index (χ1) is 13.0. The maximum Gasteiger partial charge on any atom is 0.271 e. The van der Waals surface area contributed by atoms with Crippen molar-refractivity contribution in [2.75, 3.05) is 5.32 Å². The Labute approximate surface area is 154 Å². The summed E-state index contributed by atoms with van der Waals surface area (Å²) in [7, 11) is 0. The lowest BCUT2D eigenvalue weighted by Gasteiger charge is -2.20. The van der Waals surface area contributed by atoms with Crippen molar-refractivity contribution in [3.8, 4) is 0 Å². The number of amides is 1. The number of non-ortho nitro benzene ring substituents is 1. The number of nitro groups is 1. The fourth-order valence-corrected chi connectivity index (χ4v) is 3.57. The molecule has 7 heteroatoms. The zero-order chi connectivity index (χ0) is 19.1. The molecular weight excluding hydrogens is 346 g/mol. The number of aryl methyl sites for hydroxylation is 3. The molecule has 0 fully saturated rings. The van der Waals surface area contributed by atoms with E-state index in [0.29, 0.717) is 16.6 Å². The topological polar surface area (TPSA) is 94.2 Å². The molecule has 1 N–H and O–H groups in total. The second-order valence-corrected chi connectivity index (χ2v) is 6.69. The van der Waals surface area contributed by atoms with Crippen LogP contribution in [0.2, 0.25) is 0 Å². The van der Waals surface area contributed by atoms with E-state index in [-0.39, 0.29) is 16.7 Å². The average molecular weight is 363 g/mol. The minimum Gasteiger partial charge on any atom is -0.346 e. The van der Waals surface area contributed by atoms with Crippen LogP contribution in [0, 0.1) is 17.0 Å². The van der Waals surface area contributed by atoms with Gasteiger partial charge in [0.25, 0.3) is 11.6 Å². The number of hydrogen-bond donors (Lipinski definition) is 1. The third-order valence-corrected chi connectivity index (χ3v) is 4.95. The molecule has 0 unspecified atom stereocenters. The Morgan fingerprint density at radius 2 is 2.07 bits per heavy atom. The number of benzene rings is 2. The molecule has 4 rings (SSSR count). The molecule has 136 valence electrons. The van der Waals surface area contributed by atoms with E-state index >= 15 is 0 Å². The van der Waals surface area contributed by atoms with Crippen molar-refractivity contribution < 1.29 is 9.72 Å². The fourth-order valence-electron chi connectivity index (χ4n) is 3.57. The van der Waals surface area contributed by atoms with E-state index in [2.05, 4.69) is 5.32 Å². The predicted octanol–water partition coefficient (Wildman–Crippen LogP) is 3.42. The molecule has 3 aromatic rings. The molecule has 1 amide bonds. The third-order valence-electron chi connectivity index (χ3n) is 4.95. The Morgan fingerprint density at radius 1 is 1.26 bits per heavy atom. The number of rotatable bonds is 3. The zero-order valence-electron chi connectivity index (χ0n) is 14.7. The van der Waals surface area contributed by atoms with Gasteiger partial charge in [-0.25, -0.2) is 0 Å². The number of para-hydroxylation sites is 1. The van der Waals surface area contributed by atoms with Crippen LogP contribution in [0.5, 0.6) is 0 Å². The average Bonchev–Trinajstić information content (AvgIpc) is 2.66. The van der Waals surface area contributed by atoms with Gasteiger partial charge in [0.1, 0.15) is 5.56 Å². The summed E-state index contributed by atoms with van der Waals surface area (Å²) in [5.41, 5.74) is 2.58. The first-order valence-corrected chi connectivity index (χ1v) is 8.67. The molecule has 0 saturated carbocycles. The molecule has 27 heavy (non-hydrogen) atoms. The molecule has 1 aliphatic heterocycles. The highest BCUT2D eigenvalue weighted by Crippen LogP contribution is 2.25. The lowest BCUT2D eigenvalue weighted by Crippen LogP contribution is -2.25. The van der Waals surface area contributed by atoms with Crippen LogP contribution >= 0.6 is 0 Å². The summed E-state index contributed by atoms with van der Waals surface area (Å²) in [5, 5.41) is 14.2. The number of nitrogens with one attached hydrogen (secondary N) is 1. The van der Waals surface area contributed by atoms with Crippen LogP contribution in [-0.4, -0.2) is 15.4 Å². The van der Waals surface area contributed by atoms with Crippen LogP contribution in [-0.2, 0) is 13.0 Å². The lowest BCUT2D eigenvalue weighted by atomic mass is 9.99. The zero-order valence-corrected chi connectivity index (χ0v) is 14.7. The number of aromatic nitrogens is 1. The summed E-state index contributed by atoms with van der Waals surface area (Å²) in [6, 6.07) is 9.82. The van der Waals surface area contributed by atoms with Crippen LogP contribution in [0.15, 0.2) is 47.4 Å². The van der Waals surface area contributed by atoms with Gasteiger partial charge >= 0.3 is 0 Å². The van der Waals surface area contributed by atoms with Gasteiger partial charge in [-0.2, -0.15) is 0 Å². The fraction of sp³-hybridized carbons (Fsp3) is 0.200. The molecule has 0 atom stereocenters. The number of hydrogen-bond acceptors (Lipinski definition) is 4. The Kier molecular flexibility index (Phi) is 3.99. The molecule has 0 bridgehead atoms. The highest BCUT2D eigenvalue weighted by atomic mass is 16.6. The number of nitrogens with zero attached hydrogens (tertiary/aromatic N) is 2. The second-order valence-electron chi connectivity index (χ2n) is 6.69. The van der Waals surface area contributed by atoms with Gasteiger partial charge in [0.2, 0.25) is 5.43 Å². The normalized spacial score (nSPS) is 12.8. The quantitative estimate of drug-likeness (QED) is 0.570. The van der Waals surface area contributed by atoms with Gasteiger partial charge in [-0.3, -0.25) is 19.7 Å². The van der Waals surface area contributed by atoms with Crippen LogP contribution in [0.25, 0.3) is 10.9 Å². The number of pyridine rings is 1.